The SMILES string of the molecule is COCC(O)CCNCC(=O)N1CCN(C)CC1. The van der Waals surface area contributed by atoms with E-state index in [1.807, 2.05) is 4.90 Å². The number of nitrogens with zero attached hydrogens (tertiary/aromatic N) is 2. The van der Waals surface area contributed by atoms with E-state index in [4.69, 9.17) is 4.74 Å². The number of carbonyl (C=O) groups is 1. The summed E-state index contributed by atoms with van der Waals surface area (Å²) in [6.07, 6.45) is 0.144. The summed E-state index contributed by atoms with van der Waals surface area (Å²) >= 11 is 0. The molecule has 1 heterocycles. The molecule has 0 saturated carbocycles. The van der Waals surface area contributed by atoms with E-state index in [2.05, 4.69) is 17.3 Å². The number of rotatable bonds is 7. The number of amides is 1. The fraction of sp³-hybridized carbons (Fsp3) is 0.917. The van der Waals surface area contributed by atoms with Crippen molar-refractivity contribution in [3.63, 3.8) is 0 Å². The summed E-state index contributed by atoms with van der Waals surface area (Å²) in [4.78, 5) is 15.9. The van der Waals surface area contributed by atoms with Gasteiger partial charge in [-0.25, -0.2) is 0 Å². The lowest BCUT2D eigenvalue weighted by molar-refractivity contribution is -0.131. The maximum absolute atomic E-state index is 11.8. The maximum atomic E-state index is 11.8. The number of hydrogen-bond acceptors (Lipinski definition) is 5. The van der Waals surface area contributed by atoms with Crippen LogP contribution >= 0.6 is 0 Å². The zero-order valence-electron chi connectivity index (χ0n) is 11.4. The summed E-state index contributed by atoms with van der Waals surface area (Å²) < 4.78 is 4.83. The van der Waals surface area contributed by atoms with Crippen LogP contribution in [0.5, 0.6) is 0 Å². The van der Waals surface area contributed by atoms with Crippen LogP contribution in [0.4, 0.5) is 0 Å². The van der Waals surface area contributed by atoms with Gasteiger partial charge >= 0.3 is 0 Å². The van der Waals surface area contributed by atoms with Crippen molar-refractivity contribution in [1.29, 1.82) is 0 Å². The molecule has 0 bridgehead atoms. The van der Waals surface area contributed by atoms with Gasteiger partial charge in [0.2, 0.25) is 5.91 Å². The molecule has 1 saturated heterocycles. The molecule has 18 heavy (non-hydrogen) atoms. The molecule has 0 aromatic rings. The molecule has 0 aromatic carbocycles. The third-order valence-corrected chi connectivity index (χ3v) is 3.15. The molecular weight excluding hydrogens is 234 g/mol. The average Bonchev–Trinajstić information content (AvgIpc) is 2.35. The van der Waals surface area contributed by atoms with Gasteiger partial charge < -0.3 is 25.0 Å². The quantitative estimate of drug-likeness (QED) is 0.559. The Kier molecular flexibility index (Phi) is 7.19. The van der Waals surface area contributed by atoms with Crippen molar-refractivity contribution in [1.82, 2.24) is 15.1 Å². The Balaban J connectivity index is 2.06. The monoisotopic (exact) mass is 259 g/mol. The van der Waals surface area contributed by atoms with Crippen molar-refractivity contribution in [3.05, 3.63) is 0 Å². The molecule has 0 radical (unpaired) electrons. The van der Waals surface area contributed by atoms with Crippen LogP contribution < -0.4 is 5.32 Å². The molecule has 0 spiro atoms. The summed E-state index contributed by atoms with van der Waals surface area (Å²) in [6.45, 7) is 4.82. The fourth-order valence-corrected chi connectivity index (χ4v) is 1.91. The number of aliphatic hydroxyl groups is 1. The van der Waals surface area contributed by atoms with E-state index < -0.39 is 6.10 Å². The molecule has 6 heteroatoms. The third kappa shape index (κ3) is 5.77. The molecule has 1 rings (SSSR count). The Morgan fingerprint density at radius 3 is 2.67 bits per heavy atom. The summed E-state index contributed by atoms with van der Waals surface area (Å²) in [5.74, 6) is 0.143. The van der Waals surface area contributed by atoms with E-state index in [9.17, 15) is 9.90 Å². The van der Waals surface area contributed by atoms with E-state index in [1.54, 1.807) is 7.11 Å². The lowest BCUT2D eigenvalue weighted by atomic mass is 10.2. The van der Waals surface area contributed by atoms with Crippen molar-refractivity contribution in [2.75, 3.05) is 60.0 Å². The minimum absolute atomic E-state index is 0.143. The van der Waals surface area contributed by atoms with Crippen LogP contribution in [0.2, 0.25) is 0 Å². The molecular formula is C12H25N3O3. The number of hydrogen-bond donors (Lipinski definition) is 2. The van der Waals surface area contributed by atoms with E-state index in [0.29, 0.717) is 26.1 Å². The zero-order valence-corrected chi connectivity index (χ0v) is 11.4. The lowest BCUT2D eigenvalue weighted by Gasteiger charge is -2.32. The summed E-state index contributed by atoms with van der Waals surface area (Å²) in [7, 11) is 3.63. The Bertz CT molecular complexity index is 243. The molecule has 1 aliphatic rings. The van der Waals surface area contributed by atoms with Gasteiger partial charge in [0.05, 0.1) is 19.3 Å². The van der Waals surface area contributed by atoms with E-state index in [1.165, 1.54) is 0 Å². The molecule has 2 N–H and O–H groups in total. The second-order valence-electron chi connectivity index (χ2n) is 4.76. The normalized spacial score (nSPS) is 18.9. The highest BCUT2D eigenvalue weighted by atomic mass is 16.5. The first-order valence-corrected chi connectivity index (χ1v) is 6.47. The highest BCUT2D eigenvalue weighted by Gasteiger charge is 2.18. The highest BCUT2D eigenvalue weighted by molar-refractivity contribution is 5.78. The fourth-order valence-electron chi connectivity index (χ4n) is 1.91. The number of ether oxygens (including phenoxy) is 1. The van der Waals surface area contributed by atoms with E-state index in [0.717, 1.165) is 26.2 Å². The lowest BCUT2D eigenvalue weighted by Crippen LogP contribution is -2.49. The van der Waals surface area contributed by atoms with Gasteiger partial charge in [0.25, 0.3) is 0 Å². The molecule has 1 atom stereocenters. The molecule has 1 amide bonds. The standard InChI is InChI=1S/C12H25N3O3/c1-14-5-7-15(8-6-14)12(17)9-13-4-3-11(16)10-18-2/h11,13,16H,3-10H2,1-2H3. The average molecular weight is 259 g/mol. The second-order valence-corrected chi connectivity index (χ2v) is 4.76. The molecule has 0 aromatic heterocycles. The van der Waals surface area contributed by atoms with E-state index in [-0.39, 0.29) is 5.91 Å². The Morgan fingerprint density at radius 2 is 2.06 bits per heavy atom. The third-order valence-electron chi connectivity index (χ3n) is 3.15. The molecule has 106 valence electrons. The van der Waals surface area contributed by atoms with Crippen molar-refractivity contribution in [3.8, 4) is 0 Å². The van der Waals surface area contributed by atoms with E-state index >= 15 is 0 Å². The van der Waals surface area contributed by atoms with Crippen molar-refractivity contribution in [2.45, 2.75) is 12.5 Å². The van der Waals surface area contributed by atoms with Gasteiger partial charge in [-0.15, -0.1) is 0 Å². The summed E-state index contributed by atoms with van der Waals surface area (Å²) in [6, 6.07) is 0. The topological polar surface area (TPSA) is 65.0 Å². The van der Waals surface area contributed by atoms with Gasteiger partial charge in [-0.2, -0.15) is 0 Å². The van der Waals surface area contributed by atoms with Crippen LogP contribution in [0, 0.1) is 0 Å². The molecule has 6 nitrogen and oxygen atoms in total. The van der Waals surface area contributed by atoms with Crippen LogP contribution in [-0.2, 0) is 9.53 Å². The van der Waals surface area contributed by atoms with Crippen LogP contribution in [0.15, 0.2) is 0 Å². The predicted octanol–water partition coefficient (Wildman–Crippen LogP) is -1.25. The number of piperazine rings is 1. The van der Waals surface area contributed by atoms with Gasteiger partial charge in [0.1, 0.15) is 0 Å². The van der Waals surface area contributed by atoms with Gasteiger partial charge in [-0.05, 0) is 20.0 Å². The predicted molar refractivity (Wildman–Crippen MR) is 69.4 cm³/mol. The van der Waals surface area contributed by atoms with Crippen LogP contribution in [0.25, 0.3) is 0 Å². The van der Waals surface area contributed by atoms with Crippen molar-refractivity contribution in [2.24, 2.45) is 0 Å². The minimum Gasteiger partial charge on any atom is -0.391 e. The van der Waals surface area contributed by atoms with Gasteiger partial charge in [0, 0.05) is 33.3 Å². The maximum Gasteiger partial charge on any atom is 0.236 e. The molecule has 1 fully saturated rings. The molecule has 0 aliphatic carbocycles. The number of nitrogens with one attached hydrogen (secondary N) is 1. The minimum atomic E-state index is -0.457. The zero-order chi connectivity index (χ0) is 13.4. The first-order chi connectivity index (χ1) is 8.63. The number of aliphatic hydroxyl groups excluding tert-OH is 1. The molecule has 1 unspecified atom stereocenters. The van der Waals surface area contributed by atoms with Crippen LogP contribution in [0.1, 0.15) is 6.42 Å². The first kappa shape index (κ1) is 15.4. The Morgan fingerprint density at radius 1 is 1.39 bits per heavy atom. The van der Waals surface area contributed by atoms with Crippen molar-refractivity contribution < 1.29 is 14.6 Å². The summed E-state index contributed by atoms with van der Waals surface area (Å²) in [5.41, 5.74) is 0. The van der Waals surface area contributed by atoms with Gasteiger partial charge in [0.15, 0.2) is 0 Å². The Labute approximate surface area is 109 Å². The van der Waals surface area contributed by atoms with Gasteiger partial charge in [-0.1, -0.05) is 0 Å². The van der Waals surface area contributed by atoms with Crippen molar-refractivity contribution >= 4 is 5.91 Å². The van der Waals surface area contributed by atoms with Crippen LogP contribution in [0.3, 0.4) is 0 Å². The number of likely N-dealkylation sites (N-methyl/N-ethyl adjacent to an activating group) is 1. The number of methoxy groups -OCH3 is 1. The smallest absolute Gasteiger partial charge is 0.236 e. The highest BCUT2D eigenvalue weighted by Crippen LogP contribution is 1.99. The first-order valence-electron chi connectivity index (χ1n) is 6.47. The second kappa shape index (κ2) is 8.42. The summed E-state index contributed by atoms with van der Waals surface area (Å²) in [5, 5.41) is 12.5. The molecule has 1 aliphatic heterocycles. The largest absolute Gasteiger partial charge is 0.391 e. The van der Waals surface area contributed by atoms with Crippen LogP contribution in [-0.4, -0.2) is 87.0 Å². The van der Waals surface area contributed by atoms with Gasteiger partial charge in [-0.3, -0.25) is 4.79 Å². The number of carbonyl (C=O) groups excluding carboxylic acids is 1. The Hall–Kier alpha value is -0.690.